The van der Waals surface area contributed by atoms with Gasteiger partial charge in [-0.2, -0.15) is 23.3 Å². The SMILES string of the molecule is O=c1sc(-c2ccccc2)nn1Cc1ccc(-c2noc(C(F)(F)F)n2)cc1. The molecule has 28 heavy (non-hydrogen) atoms. The Balaban J connectivity index is 1.53. The van der Waals surface area contributed by atoms with Crippen molar-refractivity contribution in [1.29, 1.82) is 0 Å². The molecule has 0 amide bonds. The second-order valence-corrected chi connectivity index (χ2v) is 6.75. The maximum atomic E-state index is 12.6. The van der Waals surface area contributed by atoms with Crippen LogP contribution in [0.25, 0.3) is 22.0 Å². The minimum absolute atomic E-state index is 0.156. The van der Waals surface area contributed by atoms with Gasteiger partial charge in [-0.3, -0.25) is 4.79 Å². The highest BCUT2D eigenvalue weighted by Gasteiger charge is 2.38. The number of alkyl halides is 3. The van der Waals surface area contributed by atoms with Crippen LogP contribution in [0.1, 0.15) is 11.5 Å². The van der Waals surface area contributed by atoms with Crippen LogP contribution in [-0.2, 0) is 12.7 Å². The zero-order valence-electron chi connectivity index (χ0n) is 14.1. The van der Waals surface area contributed by atoms with Crippen molar-refractivity contribution in [2.24, 2.45) is 0 Å². The number of aromatic nitrogens is 4. The maximum Gasteiger partial charge on any atom is 0.471 e. The number of halogens is 3. The van der Waals surface area contributed by atoms with Crippen LogP contribution in [0.4, 0.5) is 13.2 Å². The Morgan fingerprint density at radius 3 is 2.36 bits per heavy atom. The third-order valence-corrected chi connectivity index (χ3v) is 4.74. The molecule has 0 atom stereocenters. The largest absolute Gasteiger partial charge is 0.471 e. The van der Waals surface area contributed by atoms with E-state index in [-0.39, 0.29) is 17.2 Å². The summed E-state index contributed by atoms with van der Waals surface area (Å²) in [4.78, 5) is 15.3. The lowest BCUT2D eigenvalue weighted by atomic mass is 10.1. The summed E-state index contributed by atoms with van der Waals surface area (Å²) in [5.74, 6) is -1.55. The standard InChI is InChI=1S/C18H11F3N4O2S/c19-18(20,21)16-22-14(24-27-16)12-8-6-11(7-9-12)10-25-17(26)28-15(23-25)13-4-2-1-3-5-13/h1-9H,10H2. The van der Waals surface area contributed by atoms with Crippen molar-refractivity contribution in [1.82, 2.24) is 19.9 Å². The van der Waals surface area contributed by atoms with Gasteiger partial charge in [0.2, 0.25) is 5.82 Å². The molecule has 0 spiro atoms. The topological polar surface area (TPSA) is 73.8 Å². The van der Waals surface area contributed by atoms with Gasteiger partial charge in [0.05, 0.1) is 6.54 Å². The van der Waals surface area contributed by atoms with Crippen molar-refractivity contribution in [3.05, 3.63) is 75.7 Å². The van der Waals surface area contributed by atoms with Gasteiger partial charge in [-0.15, -0.1) is 0 Å². The monoisotopic (exact) mass is 404 g/mol. The van der Waals surface area contributed by atoms with Gasteiger partial charge in [0.15, 0.2) is 0 Å². The van der Waals surface area contributed by atoms with Gasteiger partial charge in [-0.25, -0.2) is 4.68 Å². The molecule has 0 aliphatic carbocycles. The number of benzene rings is 2. The quantitative estimate of drug-likeness (QED) is 0.512. The summed E-state index contributed by atoms with van der Waals surface area (Å²) in [6.07, 6.45) is -4.69. The van der Waals surface area contributed by atoms with Gasteiger partial charge < -0.3 is 4.52 Å². The summed E-state index contributed by atoms with van der Waals surface area (Å²) in [7, 11) is 0. The number of hydrogen-bond donors (Lipinski definition) is 0. The molecule has 0 unspecified atom stereocenters. The molecule has 0 N–H and O–H groups in total. The average Bonchev–Trinajstić information content (AvgIpc) is 3.31. The second kappa shape index (κ2) is 7.04. The van der Waals surface area contributed by atoms with Crippen molar-refractivity contribution in [3.63, 3.8) is 0 Å². The van der Waals surface area contributed by atoms with Crippen LogP contribution in [0.3, 0.4) is 0 Å². The highest BCUT2D eigenvalue weighted by molar-refractivity contribution is 7.12. The normalized spacial score (nSPS) is 11.7. The van der Waals surface area contributed by atoms with Crippen molar-refractivity contribution in [2.45, 2.75) is 12.7 Å². The Labute approximate surface area is 159 Å². The fraction of sp³-hybridized carbons (Fsp3) is 0.111. The summed E-state index contributed by atoms with van der Waals surface area (Å²) in [5, 5.41) is 8.31. The van der Waals surface area contributed by atoms with Gasteiger partial charge in [-0.05, 0) is 5.56 Å². The molecule has 0 saturated carbocycles. The van der Waals surface area contributed by atoms with E-state index in [0.29, 0.717) is 10.6 Å². The van der Waals surface area contributed by atoms with E-state index in [4.69, 9.17) is 0 Å². The predicted octanol–water partition coefficient (Wildman–Crippen LogP) is 4.09. The molecule has 2 aromatic heterocycles. The highest BCUT2D eigenvalue weighted by Crippen LogP contribution is 2.29. The third-order valence-electron chi connectivity index (χ3n) is 3.84. The van der Waals surface area contributed by atoms with Crippen LogP contribution in [0.2, 0.25) is 0 Å². The third kappa shape index (κ3) is 3.72. The van der Waals surface area contributed by atoms with Crippen LogP contribution in [0.15, 0.2) is 63.9 Å². The summed E-state index contributed by atoms with van der Waals surface area (Å²) >= 11 is 1.05. The van der Waals surface area contributed by atoms with Crippen molar-refractivity contribution in [2.75, 3.05) is 0 Å². The Hall–Kier alpha value is -3.27. The molecule has 0 bridgehead atoms. The molecule has 0 aliphatic heterocycles. The Morgan fingerprint density at radius 1 is 1.00 bits per heavy atom. The molecule has 0 aliphatic rings. The average molecular weight is 404 g/mol. The highest BCUT2D eigenvalue weighted by atomic mass is 32.1. The van der Waals surface area contributed by atoms with Crippen molar-refractivity contribution < 1.29 is 17.7 Å². The van der Waals surface area contributed by atoms with Crippen molar-refractivity contribution >= 4 is 11.3 Å². The van der Waals surface area contributed by atoms with E-state index in [1.807, 2.05) is 30.3 Å². The van der Waals surface area contributed by atoms with Gasteiger partial charge in [0.25, 0.3) is 0 Å². The molecule has 0 radical (unpaired) electrons. The van der Waals surface area contributed by atoms with Crippen LogP contribution < -0.4 is 4.87 Å². The Kier molecular flexibility index (Phi) is 4.55. The lowest BCUT2D eigenvalue weighted by molar-refractivity contribution is -0.159. The lowest BCUT2D eigenvalue weighted by Gasteiger charge is -2.02. The summed E-state index contributed by atoms with van der Waals surface area (Å²) in [6, 6.07) is 15.8. The molecule has 10 heteroatoms. The van der Waals surface area contributed by atoms with E-state index >= 15 is 0 Å². The second-order valence-electron chi connectivity index (χ2n) is 5.81. The summed E-state index contributed by atoms with van der Waals surface area (Å²) in [5.41, 5.74) is 1.99. The number of hydrogen-bond acceptors (Lipinski definition) is 6. The summed E-state index contributed by atoms with van der Waals surface area (Å²) < 4.78 is 43.2. The molecular weight excluding hydrogens is 393 g/mol. The van der Waals surface area contributed by atoms with Gasteiger partial charge >= 0.3 is 16.9 Å². The fourth-order valence-electron chi connectivity index (χ4n) is 2.49. The Morgan fingerprint density at radius 2 is 1.71 bits per heavy atom. The Bertz CT molecular complexity index is 1150. The lowest BCUT2D eigenvalue weighted by Crippen LogP contribution is -2.15. The zero-order chi connectivity index (χ0) is 19.7. The first-order valence-corrected chi connectivity index (χ1v) is 8.85. The van der Waals surface area contributed by atoms with E-state index in [2.05, 4.69) is 19.8 Å². The van der Waals surface area contributed by atoms with E-state index in [0.717, 1.165) is 22.5 Å². The first-order valence-electron chi connectivity index (χ1n) is 8.04. The van der Waals surface area contributed by atoms with Gasteiger partial charge in [0.1, 0.15) is 5.01 Å². The molecule has 6 nitrogen and oxygen atoms in total. The molecule has 2 aromatic carbocycles. The van der Waals surface area contributed by atoms with Crippen LogP contribution in [0, 0.1) is 0 Å². The molecule has 4 rings (SSSR count). The van der Waals surface area contributed by atoms with Crippen LogP contribution in [-0.4, -0.2) is 19.9 Å². The first kappa shape index (κ1) is 18.1. The van der Waals surface area contributed by atoms with Gasteiger partial charge in [-0.1, -0.05) is 71.1 Å². The molecule has 4 aromatic rings. The minimum Gasteiger partial charge on any atom is -0.329 e. The molecule has 2 heterocycles. The van der Waals surface area contributed by atoms with Crippen LogP contribution >= 0.6 is 11.3 Å². The predicted molar refractivity (Wildman–Crippen MR) is 95.6 cm³/mol. The maximum absolute atomic E-state index is 12.6. The zero-order valence-corrected chi connectivity index (χ0v) is 14.9. The molecular formula is C18H11F3N4O2S. The van der Waals surface area contributed by atoms with Crippen molar-refractivity contribution in [3.8, 4) is 22.0 Å². The van der Waals surface area contributed by atoms with E-state index in [9.17, 15) is 18.0 Å². The van der Waals surface area contributed by atoms with E-state index in [1.54, 1.807) is 24.3 Å². The van der Waals surface area contributed by atoms with Gasteiger partial charge in [0, 0.05) is 11.1 Å². The number of rotatable bonds is 4. The molecule has 0 fully saturated rings. The molecule has 0 saturated heterocycles. The first-order chi connectivity index (χ1) is 13.4. The molecule has 142 valence electrons. The summed E-state index contributed by atoms with van der Waals surface area (Å²) in [6.45, 7) is 0.239. The minimum atomic E-state index is -4.69. The van der Waals surface area contributed by atoms with Crippen LogP contribution in [0.5, 0.6) is 0 Å². The van der Waals surface area contributed by atoms with E-state index in [1.165, 1.54) is 4.68 Å². The smallest absolute Gasteiger partial charge is 0.329 e. The van der Waals surface area contributed by atoms with E-state index < -0.39 is 12.1 Å². The number of nitrogens with zero attached hydrogens (tertiary/aromatic N) is 4. The fourth-order valence-corrected chi connectivity index (χ4v) is 3.26.